The zero-order valence-corrected chi connectivity index (χ0v) is 15.7. The molecule has 0 aromatic carbocycles. The molecule has 0 amide bonds. The van der Waals surface area contributed by atoms with Crippen molar-refractivity contribution in [2.45, 2.75) is 58.1 Å². The predicted octanol–water partition coefficient (Wildman–Crippen LogP) is 2.77. The Hall–Kier alpha value is -1.21. The first-order valence-corrected chi connectivity index (χ1v) is 10.6. The molecule has 2 rings (SSSR count). The third kappa shape index (κ3) is 6.90. The smallest absolute Gasteiger partial charge is 0.356 e. The van der Waals surface area contributed by atoms with E-state index in [2.05, 4.69) is 11.9 Å². The van der Waals surface area contributed by atoms with Crippen LogP contribution in [-0.4, -0.2) is 35.2 Å². The molecule has 1 fully saturated rings. The molecule has 2 atom stereocenters. The van der Waals surface area contributed by atoms with Gasteiger partial charge in [0.1, 0.15) is 18.3 Å². The van der Waals surface area contributed by atoms with Crippen molar-refractivity contribution in [3.8, 4) is 0 Å². The number of hydrogen-bond donors (Lipinski definition) is 1. The molecule has 0 spiro atoms. The maximum absolute atomic E-state index is 12.4. The molecule has 9 heteroatoms. The molecule has 0 saturated carbocycles. The van der Waals surface area contributed by atoms with Gasteiger partial charge in [0.25, 0.3) is 0 Å². The maximum Gasteiger partial charge on any atom is 0.356 e. The number of aromatic nitrogens is 2. The van der Waals surface area contributed by atoms with E-state index in [4.69, 9.17) is 19.5 Å². The molecule has 0 radical (unpaired) electrons. The van der Waals surface area contributed by atoms with Crippen LogP contribution in [0.4, 0.5) is 5.82 Å². The van der Waals surface area contributed by atoms with Gasteiger partial charge in [-0.2, -0.15) is 4.98 Å². The largest absolute Gasteiger partial charge is 0.383 e. The van der Waals surface area contributed by atoms with E-state index in [1.807, 2.05) is 0 Å². The van der Waals surface area contributed by atoms with Crippen LogP contribution in [0.5, 0.6) is 0 Å². The highest BCUT2D eigenvalue weighted by molar-refractivity contribution is 7.53. The molecule has 2 N–H and O–H groups in total. The first-order chi connectivity index (χ1) is 12.0. The second-order valence-electron chi connectivity index (χ2n) is 6.21. The zero-order valence-electron chi connectivity index (χ0n) is 14.8. The van der Waals surface area contributed by atoms with Gasteiger partial charge in [0.2, 0.25) is 0 Å². The summed E-state index contributed by atoms with van der Waals surface area (Å²) in [6.45, 7) is 2.98. The average molecular weight is 373 g/mol. The van der Waals surface area contributed by atoms with Crippen LogP contribution in [-0.2, 0) is 24.9 Å². The lowest BCUT2D eigenvalue weighted by Crippen LogP contribution is -2.35. The summed E-state index contributed by atoms with van der Waals surface area (Å²) < 4.78 is 30.2. The Morgan fingerprint density at radius 3 is 2.80 bits per heavy atom. The number of unbranched alkanes of at least 4 members (excludes halogenated alkanes) is 5. The Bertz CT molecular complexity index is 624. The summed E-state index contributed by atoms with van der Waals surface area (Å²) in [5, 5.41) is 0. The summed E-state index contributed by atoms with van der Waals surface area (Å²) in [5.41, 5.74) is 5.01. The number of nitrogen functional groups attached to an aromatic ring is 1. The highest BCUT2D eigenvalue weighted by atomic mass is 31.2. The summed E-state index contributed by atoms with van der Waals surface area (Å²) in [7, 11) is -3.18. The lowest BCUT2D eigenvalue weighted by Gasteiger charge is -2.29. The molecule has 1 aromatic rings. The monoisotopic (exact) mass is 373 g/mol. The van der Waals surface area contributed by atoms with Gasteiger partial charge in [-0.25, -0.2) is 4.79 Å². The van der Waals surface area contributed by atoms with Crippen LogP contribution >= 0.6 is 7.60 Å². The van der Waals surface area contributed by atoms with Crippen LogP contribution < -0.4 is 11.4 Å². The first-order valence-electron chi connectivity index (χ1n) is 8.85. The van der Waals surface area contributed by atoms with Crippen molar-refractivity contribution in [3.05, 3.63) is 22.7 Å². The second kappa shape index (κ2) is 10.1. The molecule has 142 valence electrons. The summed E-state index contributed by atoms with van der Waals surface area (Å²) >= 11 is 0. The number of rotatable bonds is 10. The van der Waals surface area contributed by atoms with E-state index in [9.17, 15) is 9.36 Å². The second-order valence-corrected chi connectivity index (χ2v) is 8.21. The van der Waals surface area contributed by atoms with Crippen LogP contribution in [0.1, 0.15) is 45.4 Å². The van der Waals surface area contributed by atoms with Gasteiger partial charge in [-0.15, -0.1) is 0 Å². The van der Waals surface area contributed by atoms with E-state index >= 15 is 0 Å². The molecule has 1 aromatic heterocycles. The first kappa shape index (κ1) is 20.1. The number of hydrogen-bond acceptors (Lipinski definition) is 7. The van der Waals surface area contributed by atoms with Crippen LogP contribution in [0.3, 0.4) is 0 Å². The van der Waals surface area contributed by atoms with Gasteiger partial charge in [0, 0.05) is 6.20 Å². The standard InChI is InChI=1S/C16H28N3O5P/c1-2-3-4-5-6-7-10-23-25(21)13-22-14(12-24-25)11-19-9-8-15(17)18-16(19)20/h8-9,14H,2-7,10-13H2,1H3,(H2,17,18,20)/t14-,25?/m0/s1. The molecule has 1 unspecified atom stereocenters. The molecular weight excluding hydrogens is 345 g/mol. The highest BCUT2D eigenvalue weighted by Crippen LogP contribution is 2.51. The van der Waals surface area contributed by atoms with E-state index in [1.54, 1.807) is 12.3 Å². The molecule has 0 bridgehead atoms. The zero-order chi connectivity index (χ0) is 18.1. The van der Waals surface area contributed by atoms with Gasteiger partial charge < -0.3 is 19.5 Å². The molecule has 25 heavy (non-hydrogen) atoms. The minimum absolute atomic E-state index is 0.0926. The Morgan fingerprint density at radius 1 is 1.36 bits per heavy atom. The lowest BCUT2D eigenvalue weighted by atomic mass is 10.1. The maximum atomic E-state index is 12.4. The Balaban J connectivity index is 1.67. The Morgan fingerprint density at radius 2 is 2.12 bits per heavy atom. The third-order valence-electron chi connectivity index (χ3n) is 4.01. The summed E-state index contributed by atoms with van der Waals surface area (Å²) in [6.07, 6.45) is 7.90. The van der Waals surface area contributed by atoms with Gasteiger partial charge in [0.15, 0.2) is 0 Å². The van der Waals surface area contributed by atoms with Crippen molar-refractivity contribution < 1.29 is 18.3 Å². The minimum atomic E-state index is -3.18. The molecular formula is C16H28N3O5P. The fourth-order valence-corrected chi connectivity index (χ4v) is 3.96. The van der Waals surface area contributed by atoms with Crippen molar-refractivity contribution in [2.24, 2.45) is 0 Å². The molecule has 1 aliphatic heterocycles. The van der Waals surface area contributed by atoms with Crippen molar-refractivity contribution in [3.63, 3.8) is 0 Å². The van der Waals surface area contributed by atoms with Crippen LogP contribution in [0.2, 0.25) is 0 Å². The fraction of sp³-hybridized carbons (Fsp3) is 0.750. The molecule has 1 aliphatic rings. The Labute approximate surface area is 148 Å². The van der Waals surface area contributed by atoms with Crippen molar-refractivity contribution in [1.82, 2.24) is 9.55 Å². The SMILES string of the molecule is CCCCCCCCOP1(=O)CO[C@@H](Cn2ccc(N)nc2=O)CO1. The van der Waals surface area contributed by atoms with Gasteiger partial charge in [-0.05, 0) is 12.5 Å². The quantitative estimate of drug-likeness (QED) is 0.496. The van der Waals surface area contributed by atoms with E-state index in [1.165, 1.54) is 30.3 Å². The van der Waals surface area contributed by atoms with E-state index in [0.29, 0.717) is 6.61 Å². The normalized spacial score (nSPS) is 23.6. The van der Waals surface area contributed by atoms with Gasteiger partial charge in [0.05, 0.1) is 19.8 Å². The highest BCUT2D eigenvalue weighted by Gasteiger charge is 2.33. The summed E-state index contributed by atoms with van der Waals surface area (Å²) in [5.74, 6) is 0.176. The predicted molar refractivity (Wildman–Crippen MR) is 95.5 cm³/mol. The van der Waals surface area contributed by atoms with Crippen LogP contribution in [0.15, 0.2) is 17.1 Å². The van der Waals surface area contributed by atoms with Crippen LogP contribution in [0.25, 0.3) is 0 Å². The fourth-order valence-electron chi connectivity index (χ4n) is 2.55. The van der Waals surface area contributed by atoms with Crippen molar-refractivity contribution in [2.75, 3.05) is 25.3 Å². The average Bonchev–Trinajstić information content (AvgIpc) is 2.59. The van der Waals surface area contributed by atoms with Gasteiger partial charge in [-0.3, -0.25) is 9.13 Å². The number of ether oxygens (including phenoxy) is 1. The Kier molecular flexibility index (Phi) is 8.09. The van der Waals surface area contributed by atoms with E-state index < -0.39 is 13.3 Å². The van der Waals surface area contributed by atoms with Crippen molar-refractivity contribution >= 4 is 13.4 Å². The molecule has 1 saturated heterocycles. The number of nitrogens with zero attached hydrogens (tertiary/aromatic N) is 2. The van der Waals surface area contributed by atoms with Gasteiger partial charge >= 0.3 is 13.3 Å². The van der Waals surface area contributed by atoms with E-state index in [0.717, 1.165) is 12.8 Å². The summed E-state index contributed by atoms with van der Waals surface area (Å²) in [6, 6.07) is 1.54. The molecule has 8 nitrogen and oxygen atoms in total. The molecule has 0 aliphatic carbocycles. The topological polar surface area (TPSA) is 106 Å². The summed E-state index contributed by atoms with van der Waals surface area (Å²) in [4.78, 5) is 15.4. The lowest BCUT2D eigenvalue weighted by molar-refractivity contribution is -0.0146. The van der Waals surface area contributed by atoms with E-state index in [-0.39, 0.29) is 31.4 Å². The van der Waals surface area contributed by atoms with Crippen molar-refractivity contribution in [1.29, 1.82) is 0 Å². The number of anilines is 1. The minimum Gasteiger partial charge on any atom is -0.383 e. The molecule has 2 heterocycles. The van der Waals surface area contributed by atoms with Crippen LogP contribution in [0, 0.1) is 0 Å². The van der Waals surface area contributed by atoms with Gasteiger partial charge in [-0.1, -0.05) is 39.0 Å². The third-order valence-corrected chi connectivity index (χ3v) is 5.59. The number of nitrogens with two attached hydrogens (primary N) is 1.